The lowest BCUT2D eigenvalue weighted by Crippen LogP contribution is -2.17. The summed E-state index contributed by atoms with van der Waals surface area (Å²) in [6, 6.07) is 14.4. The van der Waals surface area contributed by atoms with Crippen LogP contribution in [0.4, 0.5) is 13.2 Å². The van der Waals surface area contributed by atoms with Gasteiger partial charge in [0.25, 0.3) is 0 Å². The number of para-hydroxylation sites is 2. The molecule has 134 valence electrons. The molecule has 0 saturated carbocycles. The highest BCUT2D eigenvalue weighted by molar-refractivity contribution is 5.90. The molecule has 4 rings (SSSR count). The molecular weight excluding hydrogens is 343 g/mol. The number of hydrogen-bond acceptors (Lipinski definition) is 2. The van der Waals surface area contributed by atoms with Crippen LogP contribution in [0, 0.1) is 0 Å². The number of alkyl halides is 3. The van der Waals surface area contributed by atoms with Crippen molar-refractivity contribution in [3.8, 4) is 17.3 Å². The third-order valence-electron chi connectivity index (χ3n) is 4.44. The molecule has 0 radical (unpaired) electrons. The normalized spacial score (nSPS) is 12.2. The van der Waals surface area contributed by atoms with Crippen molar-refractivity contribution in [3.63, 3.8) is 0 Å². The predicted octanol–water partition coefficient (Wildman–Crippen LogP) is 5.11. The van der Waals surface area contributed by atoms with Gasteiger partial charge in [-0.3, -0.25) is 0 Å². The molecule has 0 amide bonds. The van der Waals surface area contributed by atoms with E-state index < -0.39 is 6.36 Å². The standard InChI is InChI=1S/C19H16F3N3O/c1-3-25-14-9-5-4-7-12(14)11-15(25)18-23-13-8-6-10-16(17(13)24(18)2)26-19(20,21)22/h4-11H,3H2,1-2H3. The van der Waals surface area contributed by atoms with E-state index in [0.29, 0.717) is 16.9 Å². The summed E-state index contributed by atoms with van der Waals surface area (Å²) in [6.45, 7) is 2.74. The van der Waals surface area contributed by atoms with E-state index in [9.17, 15) is 13.2 Å². The Morgan fingerprint density at radius 3 is 2.58 bits per heavy atom. The van der Waals surface area contributed by atoms with E-state index in [1.54, 1.807) is 17.7 Å². The Morgan fingerprint density at radius 1 is 1.08 bits per heavy atom. The fourth-order valence-corrected chi connectivity index (χ4v) is 3.41. The second-order valence-corrected chi connectivity index (χ2v) is 6.00. The highest BCUT2D eigenvalue weighted by Crippen LogP contribution is 2.35. The van der Waals surface area contributed by atoms with Gasteiger partial charge in [-0.25, -0.2) is 4.98 Å². The van der Waals surface area contributed by atoms with E-state index in [-0.39, 0.29) is 5.75 Å². The zero-order chi connectivity index (χ0) is 18.5. The lowest BCUT2D eigenvalue weighted by atomic mass is 10.2. The number of rotatable bonds is 3. The fraction of sp³-hybridized carbons (Fsp3) is 0.211. The first-order valence-corrected chi connectivity index (χ1v) is 8.19. The van der Waals surface area contributed by atoms with Crippen molar-refractivity contribution in [3.05, 3.63) is 48.5 Å². The molecule has 0 N–H and O–H groups in total. The molecule has 2 heterocycles. The monoisotopic (exact) mass is 359 g/mol. The summed E-state index contributed by atoms with van der Waals surface area (Å²) in [6.07, 6.45) is -4.75. The highest BCUT2D eigenvalue weighted by Gasteiger charge is 2.32. The maximum atomic E-state index is 12.7. The molecule has 0 fully saturated rings. The van der Waals surface area contributed by atoms with E-state index in [4.69, 9.17) is 0 Å². The number of aryl methyl sites for hydroxylation is 2. The molecule has 7 heteroatoms. The molecule has 4 aromatic rings. The molecule has 4 nitrogen and oxygen atoms in total. The van der Waals surface area contributed by atoms with Crippen LogP contribution in [0.3, 0.4) is 0 Å². The van der Waals surface area contributed by atoms with Crippen LogP contribution >= 0.6 is 0 Å². The Labute approximate surface area is 147 Å². The topological polar surface area (TPSA) is 32.0 Å². The van der Waals surface area contributed by atoms with Crippen molar-refractivity contribution in [1.82, 2.24) is 14.1 Å². The van der Waals surface area contributed by atoms with Gasteiger partial charge in [0.1, 0.15) is 5.52 Å². The molecule has 2 aromatic heterocycles. The third-order valence-corrected chi connectivity index (χ3v) is 4.44. The van der Waals surface area contributed by atoms with Crippen molar-refractivity contribution >= 4 is 21.9 Å². The number of benzene rings is 2. The Kier molecular flexibility index (Phi) is 3.68. The van der Waals surface area contributed by atoms with E-state index in [0.717, 1.165) is 23.1 Å². The van der Waals surface area contributed by atoms with Gasteiger partial charge in [-0.15, -0.1) is 13.2 Å². The minimum atomic E-state index is -4.75. The minimum Gasteiger partial charge on any atom is -0.403 e. The lowest BCUT2D eigenvalue weighted by Gasteiger charge is -2.11. The number of nitrogens with zero attached hydrogens (tertiary/aromatic N) is 3. The number of ether oxygens (including phenoxy) is 1. The highest BCUT2D eigenvalue weighted by atomic mass is 19.4. The van der Waals surface area contributed by atoms with Crippen LogP contribution in [0.25, 0.3) is 33.5 Å². The average molecular weight is 359 g/mol. The quantitative estimate of drug-likeness (QED) is 0.509. The van der Waals surface area contributed by atoms with Crippen LogP contribution in [0.5, 0.6) is 5.75 Å². The molecule has 2 aromatic carbocycles. The van der Waals surface area contributed by atoms with Crippen LogP contribution in [-0.4, -0.2) is 20.5 Å². The van der Waals surface area contributed by atoms with Gasteiger partial charge in [-0.05, 0) is 31.2 Å². The summed E-state index contributed by atoms with van der Waals surface area (Å²) >= 11 is 0. The third kappa shape index (κ3) is 2.60. The van der Waals surface area contributed by atoms with Crippen LogP contribution in [0.2, 0.25) is 0 Å². The molecule has 0 spiro atoms. The first-order valence-electron chi connectivity index (χ1n) is 8.19. The van der Waals surface area contributed by atoms with Crippen LogP contribution < -0.4 is 4.74 Å². The van der Waals surface area contributed by atoms with Crippen molar-refractivity contribution in [1.29, 1.82) is 0 Å². The van der Waals surface area contributed by atoms with Gasteiger partial charge in [-0.2, -0.15) is 0 Å². The Morgan fingerprint density at radius 2 is 1.85 bits per heavy atom. The van der Waals surface area contributed by atoms with Crippen LogP contribution in [0.1, 0.15) is 6.92 Å². The molecule has 26 heavy (non-hydrogen) atoms. The van der Waals surface area contributed by atoms with Gasteiger partial charge >= 0.3 is 6.36 Å². The SMILES string of the molecule is CCn1c(-c2nc3cccc(OC(F)(F)F)c3n2C)cc2ccccc21. The molecular formula is C19H16F3N3O. The average Bonchev–Trinajstić information content (AvgIpc) is 3.11. The van der Waals surface area contributed by atoms with E-state index in [1.165, 1.54) is 12.1 Å². The predicted molar refractivity (Wildman–Crippen MR) is 94.0 cm³/mol. The van der Waals surface area contributed by atoms with Crippen molar-refractivity contribution in [2.24, 2.45) is 7.05 Å². The van der Waals surface area contributed by atoms with Gasteiger partial charge in [0.15, 0.2) is 11.6 Å². The van der Waals surface area contributed by atoms with Gasteiger partial charge in [-0.1, -0.05) is 24.3 Å². The summed E-state index contributed by atoms with van der Waals surface area (Å²) < 4.78 is 46.1. The summed E-state index contributed by atoms with van der Waals surface area (Å²) in [5.74, 6) is 0.340. The number of imidazole rings is 1. The summed E-state index contributed by atoms with van der Waals surface area (Å²) in [5, 5.41) is 1.06. The summed E-state index contributed by atoms with van der Waals surface area (Å²) in [4.78, 5) is 4.57. The molecule has 0 aliphatic carbocycles. The zero-order valence-corrected chi connectivity index (χ0v) is 14.2. The number of aromatic nitrogens is 3. The minimum absolute atomic E-state index is 0.254. The fourth-order valence-electron chi connectivity index (χ4n) is 3.41. The van der Waals surface area contributed by atoms with E-state index in [1.807, 2.05) is 37.3 Å². The Hall–Kier alpha value is -2.96. The molecule has 0 saturated heterocycles. The van der Waals surface area contributed by atoms with Gasteiger partial charge < -0.3 is 13.9 Å². The van der Waals surface area contributed by atoms with Gasteiger partial charge in [0.2, 0.25) is 0 Å². The Bertz CT molecular complexity index is 1110. The number of hydrogen-bond donors (Lipinski definition) is 0. The summed E-state index contributed by atoms with van der Waals surface area (Å²) in [7, 11) is 1.70. The van der Waals surface area contributed by atoms with Crippen molar-refractivity contribution < 1.29 is 17.9 Å². The largest absolute Gasteiger partial charge is 0.573 e. The second kappa shape index (κ2) is 5.79. The first-order chi connectivity index (χ1) is 12.4. The zero-order valence-electron chi connectivity index (χ0n) is 14.2. The molecule has 0 unspecified atom stereocenters. The maximum Gasteiger partial charge on any atom is 0.573 e. The molecule has 0 aliphatic rings. The van der Waals surface area contributed by atoms with E-state index in [2.05, 4.69) is 14.3 Å². The number of fused-ring (bicyclic) bond motifs is 2. The van der Waals surface area contributed by atoms with Crippen molar-refractivity contribution in [2.45, 2.75) is 19.8 Å². The van der Waals surface area contributed by atoms with E-state index >= 15 is 0 Å². The molecule has 0 bridgehead atoms. The second-order valence-electron chi connectivity index (χ2n) is 6.00. The van der Waals surface area contributed by atoms with Crippen LogP contribution in [0.15, 0.2) is 48.5 Å². The smallest absolute Gasteiger partial charge is 0.403 e. The maximum absolute atomic E-state index is 12.7. The van der Waals surface area contributed by atoms with Gasteiger partial charge in [0.05, 0.1) is 11.2 Å². The number of halogens is 3. The van der Waals surface area contributed by atoms with Gasteiger partial charge in [0, 0.05) is 24.5 Å². The molecule has 0 atom stereocenters. The van der Waals surface area contributed by atoms with Crippen molar-refractivity contribution in [2.75, 3.05) is 0 Å². The first kappa shape index (κ1) is 16.5. The summed E-state index contributed by atoms with van der Waals surface area (Å²) in [5.41, 5.74) is 2.68. The molecule has 0 aliphatic heterocycles. The van der Waals surface area contributed by atoms with Crippen LogP contribution in [-0.2, 0) is 13.6 Å². The Balaban J connectivity index is 1.96. The lowest BCUT2D eigenvalue weighted by molar-refractivity contribution is -0.274.